The number of hydrogen-bond acceptors (Lipinski definition) is 5. The normalized spacial score (nSPS) is 22.4. The van der Waals surface area contributed by atoms with Crippen LogP contribution in [-0.2, 0) is 14.8 Å². The van der Waals surface area contributed by atoms with Crippen LogP contribution in [0, 0.1) is 5.92 Å². The zero-order valence-electron chi connectivity index (χ0n) is 12.4. The predicted molar refractivity (Wildman–Crippen MR) is 83.7 cm³/mol. The van der Waals surface area contributed by atoms with E-state index in [0.29, 0.717) is 12.0 Å². The van der Waals surface area contributed by atoms with Crippen molar-refractivity contribution in [1.82, 2.24) is 4.72 Å². The van der Waals surface area contributed by atoms with Crippen LogP contribution in [0.2, 0.25) is 0 Å². The van der Waals surface area contributed by atoms with Crippen LogP contribution in [0.25, 0.3) is 0 Å². The molecule has 0 saturated carbocycles. The minimum Gasteiger partial charge on any atom is -0.398 e. The van der Waals surface area contributed by atoms with Crippen LogP contribution in [0.3, 0.4) is 0 Å². The molecule has 0 aromatic heterocycles. The van der Waals surface area contributed by atoms with Gasteiger partial charge in [-0.1, -0.05) is 6.92 Å². The molecule has 1 saturated heterocycles. The highest BCUT2D eigenvalue weighted by Gasteiger charge is 2.26. The van der Waals surface area contributed by atoms with Gasteiger partial charge >= 0.3 is 0 Å². The molecular formula is C14H23N3O3S. The Morgan fingerprint density at radius 2 is 2.19 bits per heavy atom. The number of benzene rings is 1. The summed E-state index contributed by atoms with van der Waals surface area (Å²) in [6, 6.07) is 4.91. The molecule has 6 nitrogen and oxygen atoms in total. The molecule has 118 valence electrons. The topological polar surface area (TPSA) is 93.4 Å². The van der Waals surface area contributed by atoms with Crippen molar-refractivity contribution in [2.75, 3.05) is 31.2 Å². The van der Waals surface area contributed by atoms with Gasteiger partial charge in [0.15, 0.2) is 0 Å². The van der Waals surface area contributed by atoms with E-state index in [0.717, 1.165) is 31.7 Å². The second-order valence-electron chi connectivity index (χ2n) is 5.21. The summed E-state index contributed by atoms with van der Waals surface area (Å²) in [5.41, 5.74) is 6.90. The number of anilines is 2. The van der Waals surface area contributed by atoms with E-state index in [1.807, 2.05) is 0 Å². The molecule has 2 atom stereocenters. The van der Waals surface area contributed by atoms with Crippen LogP contribution in [0.5, 0.6) is 0 Å². The highest BCUT2D eigenvalue weighted by atomic mass is 32.2. The monoisotopic (exact) mass is 313 g/mol. The fraction of sp³-hybridized carbons (Fsp3) is 0.571. The lowest BCUT2D eigenvalue weighted by atomic mass is 9.99. The van der Waals surface area contributed by atoms with E-state index in [2.05, 4.69) is 17.0 Å². The lowest BCUT2D eigenvalue weighted by Gasteiger charge is -2.18. The van der Waals surface area contributed by atoms with E-state index in [1.165, 1.54) is 13.1 Å². The van der Waals surface area contributed by atoms with Crippen molar-refractivity contribution in [2.45, 2.75) is 30.8 Å². The van der Waals surface area contributed by atoms with Crippen LogP contribution < -0.4 is 15.8 Å². The van der Waals surface area contributed by atoms with Crippen LogP contribution in [0.4, 0.5) is 11.4 Å². The minimum atomic E-state index is -3.51. The molecule has 1 fully saturated rings. The molecule has 0 radical (unpaired) electrons. The van der Waals surface area contributed by atoms with Crippen molar-refractivity contribution in [3.63, 3.8) is 0 Å². The Balaban J connectivity index is 2.04. The first-order chi connectivity index (χ1) is 9.97. The Kier molecular flexibility index (Phi) is 5.08. The van der Waals surface area contributed by atoms with Crippen LogP contribution >= 0.6 is 0 Å². The summed E-state index contributed by atoms with van der Waals surface area (Å²) in [6.45, 7) is 3.74. The molecule has 7 heteroatoms. The molecular weight excluding hydrogens is 290 g/mol. The summed E-state index contributed by atoms with van der Waals surface area (Å²) in [6.07, 6.45) is 2.36. The van der Waals surface area contributed by atoms with Gasteiger partial charge in [0.05, 0.1) is 11.8 Å². The molecule has 1 aliphatic rings. The average molecular weight is 313 g/mol. The van der Waals surface area contributed by atoms with Gasteiger partial charge in [-0.05, 0) is 38.1 Å². The fourth-order valence-corrected chi connectivity index (χ4v) is 3.48. The molecule has 0 amide bonds. The maximum absolute atomic E-state index is 11.8. The second kappa shape index (κ2) is 6.64. The van der Waals surface area contributed by atoms with Crippen LogP contribution in [0.15, 0.2) is 23.1 Å². The fourth-order valence-electron chi connectivity index (χ4n) is 2.64. The summed E-state index contributed by atoms with van der Waals surface area (Å²) in [7, 11) is -2.14. The van der Waals surface area contributed by atoms with Crippen molar-refractivity contribution in [3.8, 4) is 0 Å². The number of nitrogen functional groups attached to an aromatic ring is 1. The zero-order chi connectivity index (χ0) is 15.5. The minimum absolute atomic E-state index is 0.103. The number of sulfonamides is 1. The van der Waals surface area contributed by atoms with E-state index in [9.17, 15) is 8.42 Å². The second-order valence-corrected chi connectivity index (χ2v) is 7.06. The summed E-state index contributed by atoms with van der Waals surface area (Å²) in [5.74, 6) is 0.483. The van der Waals surface area contributed by atoms with Crippen molar-refractivity contribution in [2.24, 2.45) is 5.92 Å². The molecule has 21 heavy (non-hydrogen) atoms. The van der Waals surface area contributed by atoms with E-state index >= 15 is 0 Å². The highest BCUT2D eigenvalue weighted by Crippen LogP contribution is 2.26. The average Bonchev–Trinajstić information content (AvgIpc) is 2.92. The van der Waals surface area contributed by atoms with E-state index in [4.69, 9.17) is 10.5 Å². The molecule has 2 rings (SSSR count). The summed E-state index contributed by atoms with van der Waals surface area (Å²) >= 11 is 0. The molecule has 2 unspecified atom stereocenters. The standard InChI is InChI=1S/C14H23N3O3S/c1-3-13-10(6-7-20-13)9-17-11-4-5-14(12(15)8-11)21(18,19)16-2/h4-5,8,10,13,16-17H,3,6-7,9,15H2,1-2H3. The first-order valence-corrected chi connectivity index (χ1v) is 8.64. The van der Waals surface area contributed by atoms with Crippen LogP contribution in [0.1, 0.15) is 19.8 Å². The lowest BCUT2D eigenvalue weighted by Crippen LogP contribution is -2.23. The third-order valence-corrected chi connectivity index (χ3v) is 5.37. The van der Waals surface area contributed by atoms with Gasteiger partial charge in [0.2, 0.25) is 10.0 Å². The van der Waals surface area contributed by atoms with Crippen molar-refractivity contribution < 1.29 is 13.2 Å². The largest absolute Gasteiger partial charge is 0.398 e. The summed E-state index contributed by atoms with van der Waals surface area (Å²) in [4.78, 5) is 0.103. The Morgan fingerprint density at radius 1 is 1.43 bits per heavy atom. The SMILES string of the molecule is CCC1OCCC1CNc1ccc(S(=O)(=O)NC)c(N)c1. The Bertz CT molecular complexity index is 589. The highest BCUT2D eigenvalue weighted by molar-refractivity contribution is 7.89. The van der Waals surface area contributed by atoms with Gasteiger partial charge in [-0.2, -0.15) is 0 Å². The summed E-state index contributed by atoms with van der Waals surface area (Å²) < 4.78 is 31.4. The third-order valence-electron chi connectivity index (χ3n) is 3.89. The predicted octanol–water partition coefficient (Wildman–Crippen LogP) is 1.40. The van der Waals surface area contributed by atoms with Gasteiger partial charge in [0.25, 0.3) is 0 Å². The van der Waals surface area contributed by atoms with Gasteiger partial charge in [-0.15, -0.1) is 0 Å². The van der Waals surface area contributed by atoms with Gasteiger partial charge in [-0.3, -0.25) is 0 Å². The van der Waals surface area contributed by atoms with Crippen molar-refractivity contribution >= 4 is 21.4 Å². The maximum Gasteiger partial charge on any atom is 0.242 e. The molecule has 4 N–H and O–H groups in total. The van der Waals surface area contributed by atoms with Gasteiger partial charge < -0.3 is 15.8 Å². The number of nitrogens with two attached hydrogens (primary N) is 1. The molecule has 1 heterocycles. The molecule has 0 spiro atoms. The quantitative estimate of drug-likeness (QED) is 0.690. The number of rotatable bonds is 6. The number of ether oxygens (including phenoxy) is 1. The number of hydrogen-bond donors (Lipinski definition) is 3. The third kappa shape index (κ3) is 3.66. The molecule has 1 aromatic carbocycles. The maximum atomic E-state index is 11.8. The van der Waals surface area contributed by atoms with Gasteiger partial charge in [-0.25, -0.2) is 13.1 Å². The molecule has 1 aliphatic heterocycles. The Labute approximate surface area is 126 Å². The van der Waals surface area contributed by atoms with E-state index < -0.39 is 10.0 Å². The van der Waals surface area contributed by atoms with Crippen molar-refractivity contribution in [1.29, 1.82) is 0 Å². The summed E-state index contributed by atoms with van der Waals surface area (Å²) in [5, 5.41) is 3.31. The Hall–Kier alpha value is -1.31. The smallest absolute Gasteiger partial charge is 0.242 e. The van der Waals surface area contributed by atoms with E-state index in [-0.39, 0.29) is 10.6 Å². The van der Waals surface area contributed by atoms with Gasteiger partial charge in [0.1, 0.15) is 4.90 Å². The van der Waals surface area contributed by atoms with E-state index in [1.54, 1.807) is 12.1 Å². The first-order valence-electron chi connectivity index (χ1n) is 7.16. The first kappa shape index (κ1) is 16.1. The molecule has 0 bridgehead atoms. The lowest BCUT2D eigenvalue weighted by molar-refractivity contribution is 0.0900. The molecule has 1 aromatic rings. The zero-order valence-corrected chi connectivity index (χ0v) is 13.2. The van der Waals surface area contributed by atoms with Gasteiger partial charge in [0, 0.05) is 24.8 Å². The Morgan fingerprint density at radius 3 is 2.81 bits per heavy atom. The van der Waals surface area contributed by atoms with Crippen molar-refractivity contribution in [3.05, 3.63) is 18.2 Å². The molecule has 0 aliphatic carbocycles. The van der Waals surface area contributed by atoms with Crippen LogP contribution in [-0.4, -0.2) is 34.7 Å². The number of nitrogens with one attached hydrogen (secondary N) is 2.